The van der Waals surface area contributed by atoms with Gasteiger partial charge >= 0.3 is 0 Å². The molecule has 0 bridgehead atoms. The molecule has 1 heterocycles. The van der Waals surface area contributed by atoms with Gasteiger partial charge in [0.05, 0.1) is 0 Å². The van der Waals surface area contributed by atoms with Crippen molar-refractivity contribution in [1.82, 2.24) is 10.1 Å². The van der Waals surface area contributed by atoms with Gasteiger partial charge in [0.1, 0.15) is 6.26 Å². The number of amides is 1. The van der Waals surface area contributed by atoms with Crippen molar-refractivity contribution in [2.75, 3.05) is 11.9 Å². The van der Waals surface area contributed by atoms with Crippen molar-refractivity contribution in [3.05, 3.63) is 18.0 Å². The molecule has 0 atom stereocenters. The maximum atomic E-state index is 11.9. The molecule has 0 unspecified atom stereocenters. The number of nitrogens with zero attached hydrogens (tertiary/aromatic N) is 2. The van der Waals surface area contributed by atoms with Crippen LogP contribution in [0.5, 0.6) is 0 Å². The SMILES string of the molecule is CC(C)N(CCCBr)C(=O)c1ccon1. The van der Waals surface area contributed by atoms with Gasteiger partial charge in [0.25, 0.3) is 5.91 Å². The zero-order chi connectivity index (χ0) is 11.3. The van der Waals surface area contributed by atoms with Crippen molar-refractivity contribution in [3.8, 4) is 0 Å². The summed E-state index contributed by atoms with van der Waals surface area (Å²) in [6.07, 6.45) is 2.35. The standard InChI is InChI=1S/C10H15BrN2O2/c1-8(2)13(6-3-5-11)10(14)9-4-7-15-12-9/h4,7-8H,3,5-6H2,1-2H3. The molecule has 0 aliphatic rings. The summed E-state index contributed by atoms with van der Waals surface area (Å²) in [6, 6.07) is 1.76. The Morgan fingerprint density at radius 1 is 1.67 bits per heavy atom. The summed E-state index contributed by atoms with van der Waals surface area (Å²) in [7, 11) is 0. The number of halogens is 1. The first-order valence-corrected chi connectivity index (χ1v) is 6.06. The Kier molecular flexibility index (Phi) is 4.81. The summed E-state index contributed by atoms with van der Waals surface area (Å²) in [6.45, 7) is 4.72. The summed E-state index contributed by atoms with van der Waals surface area (Å²) in [5, 5.41) is 4.54. The highest BCUT2D eigenvalue weighted by Crippen LogP contribution is 2.08. The topological polar surface area (TPSA) is 46.3 Å². The van der Waals surface area contributed by atoms with Crippen LogP contribution >= 0.6 is 15.9 Å². The van der Waals surface area contributed by atoms with Crippen LogP contribution in [-0.4, -0.2) is 33.9 Å². The van der Waals surface area contributed by atoms with Crippen molar-refractivity contribution in [2.45, 2.75) is 26.3 Å². The van der Waals surface area contributed by atoms with E-state index in [-0.39, 0.29) is 11.9 Å². The van der Waals surface area contributed by atoms with Gasteiger partial charge in [0, 0.05) is 24.0 Å². The first-order valence-electron chi connectivity index (χ1n) is 4.94. The highest BCUT2D eigenvalue weighted by Gasteiger charge is 2.20. The Morgan fingerprint density at radius 3 is 2.87 bits per heavy atom. The van der Waals surface area contributed by atoms with E-state index in [2.05, 4.69) is 25.6 Å². The third-order valence-electron chi connectivity index (χ3n) is 2.07. The van der Waals surface area contributed by atoms with Crippen LogP contribution < -0.4 is 0 Å². The molecule has 5 heteroatoms. The van der Waals surface area contributed by atoms with Gasteiger partial charge < -0.3 is 9.42 Å². The third kappa shape index (κ3) is 3.34. The molecule has 1 aromatic rings. The van der Waals surface area contributed by atoms with Gasteiger partial charge in [-0.05, 0) is 20.3 Å². The smallest absolute Gasteiger partial charge is 0.276 e. The van der Waals surface area contributed by atoms with E-state index in [0.717, 1.165) is 18.3 Å². The second-order valence-electron chi connectivity index (χ2n) is 3.52. The number of aromatic nitrogens is 1. The molecule has 0 saturated heterocycles. The molecule has 0 saturated carbocycles. The van der Waals surface area contributed by atoms with Crippen LogP contribution in [0, 0.1) is 0 Å². The monoisotopic (exact) mass is 274 g/mol. The Balaban J connectivity index is 2.67. The molecule has 4 nitrogen and oxygen atoms in total. The van der Waals surface area contributed by atoms with Crippen LogP contribution in [0.25, 0.3) is 0 Å². The Morgan fingerprint density at radius 2 is 2.40 bits per heavy atom. The first kappa shape index (κ1) is 12.2. The van der Waals surface area contributed by atoms with E-state index in [1.807, 2.05) is 13.8 Å². The lowest BCUT2D eigenvalue weighted by molar-refractivity contribution is 0.0696. The zero-order valence-electron chi connectivity index (χ0n) is 8.94. The molecule has 0 aliphatic heterocycles. The molecular formula is C10H15BrN2O2. The summed E-state index contributed by atoms with van der Waals surface area (Å²) >= 11 is 3.35. The van der Waals surface area contributed by atoms with Crippen LogP contribution in [0.15, 0.2) is 16.9 Å². The average molecular weight is 275 g/mol. The maximum Gasteiger partial charge on any atom is 0.276 e. The fourth-order valence-corrected chi connectivity index (χ4v) is 1.55. The zero-order valence-corrected chi connectivity index (χ0v) is 10.5. The van der Waals surface area contributed by atoms with Gasteiger partial charge in [-0.25, -0.2) is 0 Å². The summed E-state index contributed by atoms with van der Waals surface area (Å²) < 4.78 is 4.66. The lowest BCUT2D eigenvalue weighted by Crippen LogP contribution is -2.38. The minimum Gasteiger partial charge on any atom is -0.364 e. The number of hydrogen-bond donors (Lipinski definition) is 0. The fraction of sp³-hybridized carbons (Fsp3) is 0.600. The minimum absolute atomic E-state index is 0.0697. The molecule has 1 rings (SSSR count). The van der Waals surface area contributed by atoms with Crippen molar-refractivity contribution in [3.63, 3.8) is 0 Å². The largest absolute Gasteiger partial charge is 0.364 e. The highest BCUT2D eigenvalue weighted by molar-refractivity contribution is 9.09. The van der Waals surface area contributed by atoms with Crippen LogP contribution in [0.3, 0.4) is 0 Å². The van der Waals surface area contributed by atoms with E-state index < -0.39 is 0 Å². The number of carbonyl (C=O) groups is 1. The van der Waals surface area contributed by atoms with Gasteiger partial charge in [-0.1, -0.05) is 21.1 Å². The van der Waals surface area contributed by atoms with Crippen LogP contribution in [0.2, 0.25) is 0 Å². The molecule has 0 N–H and O–H groups in total. The highest BCUT2D eigenvalue weighted by atomic mass is 79.9. The number of alkyl halides is 1. The van der Waals surface area contributed by atoms with Gasteiger partial charge in [0.2, 0.25) is 0 Å². The predicted molar refractivity (Wildman–Crippen MR) is 61.1 cm³/mol. The molecular weight excluding hydrogens is 260 g/mol. The molecule has 0 aliphatic carbocycles. The summed E-state index contributed by atoms with van der Waals surface area (Å²) in [5.41, 5.74) is 0.373. The second kappa shape index (κ2) is 5.90. The minimum atomic E-state index is -0.0697. The van der Waals surface area contributed by atoms with Gasteiger partial charge in [0.15, 0.2) is 5.69 Å². The van der Waals surface area contributed by atoms with Crippen molar-refractivity contribution < 1.29 is 9.32 Å². The fourth-order valence-electron chi connectivity index (χ4n) is 1.29. The average Bonchev–Trinajstić information content (AvgIpc) is 2.70. The van der Waals surface area contributed by atoms with Crippen molar-refractivity contribution in [2.24, 2.45) is 0 Å². The lowest BCUT2D eigenvalue weighted by Gasteiger charge is -2.25. The molecule has 0 radical (unpaired) electrons. The van der Waals surface area contributed by atoms with E-state index >= 15 is 0 Å². The lowest BCUT2D eigenvalue weighted by atomic mass is 10.2. The van der Waals surface area contributed by atoms with E-state index in [1.54, 1.807) is 11.0 Å². The van der Waals surface area contributed by atoms with Crippen LogP contribution in [-0.2, 0) is 0 Å². The van der Waals surface area contributed by atoms with Gasteiger partial charge in [-0.3, -0.25) is 4.79 Å². The van der Waals surface area contributed by atoms with Crippen molar-refractivity contribution in [1.29, 1.82) is 0 Å². The quantitative estimate of drug-likeness (QED) is 0.775. The normalized spacial score (nSPS) is 10.7. The van der Waals surface area contributed by atoms with Crippen molar-refractivity contribution >= 4 is 21.8 Å². The molecule has 0 fully saturated rings. The third-order valence-corrected chi connectivity index (χ3v) is 2.63. The molecule has 0 aromatic carbocycles. The maximum absolute atomic E-state index is 11.9. The summed E-state index contributed by atoms with van der Waals surface area (Å²) in [5.74, 6) is -0.0697. The van der Waals surface area contributed by atoms with Gasteiger partial charge in [-0.15, -0.1) is 0 Å². The predicted octanol–water partition coefficient (Wildman–Crippen LogP) is 2.31. The first-order chi connectivity index (χ1) is 7.16. The van der Waals surface area contributed by atoms with E-state index in [0.29, 0.717) is 5.69 Å². The number of carbonyl (C=O) groups excluding carboxylic acids is 1. The van der Waals surface area contributed by atoms with E-state index in [4.69, 9.17) is 0 Å². The number of hydrogen-bond acceptors (Lipinski definition) is 3. The van der Waals surface area contributed by atoms with Crippen LogP contribution in [0.4, 0.5) is 0 Å². The Labute approximate surface area is 97.7 Å². The summed E-state index contributed by atoms with van der Waals surface area (Å²) in [4.78, 5) is 13.7. The van der Waals surface area contributed by atoms with E-state index in [9.17, 15) is 4.79 Å². The molecule has 84 valence electrons. The number of rotatable bonds is 5. The van der Waals surface area contributed by atoms with Gasteiger partial charge in [-0.2, -0.15) is 0 Å². The molecule has 1 amide bonds. The Hall–Kier alpha value is -0.840. The van der Waals surface area contributed by atoms with E-state index in [1.165, 1.54) is 6.26 Å². The Bertz CT molecular complexity index is 298. The molecule has 1 aromatic heterocycles. The molecule has 15 heavy (non-hydrogen) atoms. The second-order valence-corrected chi connectivity index (χ2v) is 4.31. The van der Waals surface area contributed by atoms with Crippen LogP contribution in [0.1, 0.15) is 30.8 Å². The molecule has 0 spiro atoms.